The lowest BCUT2D eigenvalue weighted by Crippen LogP contribution is -2.07. The summed E-state index contributed by atoms with van der Waals surface area (Å²) in [6.45, 7) is 0.853. The molecule has 5 heteroatoms. The normalized spacial score (nSPS) is 10.8. The molecule has 0 amide bonds. The summed E-state index contributed by atoms with van der Waals surface area (Å²) in [4.78, 5) is 23.7. The standard InChI is InChI=1S/C28H38O5/c29-21-24(13-5-3-11-19-27(30)32-22-25-15-7-1-8-16-25)14-6-4-12-20-28(31)33-23-26-17-9-2-10-18-26/h1-2,7-10,15-18,24,29H,3-6,11-14,19-23H2. The second-order valence-electron chi connectivity index (χ2n) is 8.54. The van der Waals surface area contributed by atoms with Crippen molar-refractivity contribution in [2.45, 2.75) is 77.4 Å². The van der Waals surface area contributed by atoms with E-state index in [1.807, 2.05) is 60.7 Å². The van der Waals surface area contributed by atoms with E-state index in [4.69, 9.17) is 9.47 Å². The van der Waals surface area contributed by atoms with Crippen molar-refractivity contribution in [1.29, 1.82) is 0 Å². The molecule has 2 aromatic rings. The van der Waals surface area contributed by atoms with Gasteiger partial charge in [0.1, 0.15) is 13.2 Å². The third-order valence-electron chi connectivity index (χ3n) is 5.73. The second kappa shape index (κ2) is 16.9. The minimum absolute atomic E-state index is 0.153. The largest absolute Gasteiger partial charge is 0.461 e. The molecule has 2 rings (SSSR count). The van der Waals surface area contributed by atoms with Gasteiger partial charge in [0.25, 0.3) is 0 Å². The van der Waals surface area contributed by atoms with Gasteiger partial charge in [-0.2, -0.15) is 0 Å². The van der Waals surface area contributed by atoms with Gasteiger partial charge in [-0.3, -0.25) is 9.59 Å². The molecule has 0 unspecified atom stereocenters. The Morgan fingerprint density at radius 3 is 1.45 bits per heavy atom. The lowest BCUT2D eigenvalue weighted by atomic mass is 9.95. The summed E-state index contributed by atoms with van der Waals surface area (Å²) in [6, 6.07) is 19.4. The van der Waals surface area contributed by atoms with Gasteiger partial charge in [0.05, 0.1) is 0 Å². The Morgan fingerprint density at radius 2 is 1.06 bits per heavy atom. The lowest BCUT2D eigenvalue weighted by molar-refractivity contribution is -0.146. The molecule has 0 aliphatic rings. The quantitative estimate of drug-likeness (QED) is 0.235. The summed E-state index contributed by atoms with van der Waals surface area (Å²) < 4.78 is 10.6. The van der Waals surface area contributed by atoms with E-state index in [-0.39, 0.29) is 18.5 Å². The third kappa shape index (κ3) is 12.8. The van der Waals surface area contributed by atoms with E-state index >= 15 is 0 Å². The average Bonchev–Trinajstić information content (AvgIpc) is 2.85. The number of esters is 2. The minimum Gasteiger partial charge on any atom is -0.461 e. The van der Waals surface area contributed by atoms with Gasteiger partial charge >= 0.3 is 11.9 Å². The van der Waals surface area contributed by atoms with Gasteiger partial charge in [0.15, 0.2) is 0 Å². The molecule has 0 saturated carbocycles. The molecule has 1 N–H and O–H groups in total. The van der Waals surface area contributed by atoms with Crippen LogP contribution < -0.4 is 0 Å². The van der Waals surface area contributed by atoms with Crippen molar-refractivity contribution in [3.63, 3.8) is 0 Å². The van der Waals surface area contributed by atoms with Crippen LogP contribution in [0.2, 0.25) is 0 Å². The fourth-order valence-electron chi connectivity index (χ4n) is 3.71. The fourth-order valence-corrected chi connectivity index (χ4v) is 3.71. The Hall–Kier alpha value is -2.66. The Bertz CT molecular complexity index is 710. The number of aliphatic hydroxyl groups excluding tert-OH is 1. The van der Waals surface area contributed by atoms with E-state index in [1.165, 1.54) is 0 Å². The van der Waals surface area contributed by atoms with Gasteiger partial charge in [-0.15, -0.1) is 0 Å². The van der Waals surface area contributed by atoms with Crippen LogP contribution >= 0.6 is 0 Å². The first kappa shape index (κ1) is 26.6. The van der Waals surface area contributed by atoms with Crippen molar-refractivity contribution >= 4 is 11.9 Å². The molecule has 0 fully saturated rings. The first-order chi connectivity index (χ1) is 16.2. The summed E-state index contributed by atoms with van der Waals surface area (Å²) >= 11 is 0. The van der Waals surface area contributed by atoms with Gasteiger partial charge in [-0.1, -0.05) is 86.3 Å². The van der Waals surface area contributed by atoms with E-state index in [0.29, 0.717) is 32.0 Å². The fraction of sp³-hybridized carbons (Fsp3) is 0.500. The zero-order valence-electron chi connectivity index (χ0n) is 19.6. The predicted molar refractivity (Wildman–Crippen MR) is 129 cm³/mol. The van der Waals surface area contributed by atoms with Crippen LogP contribution in [0.25, 0.3) is 0 Å². The first-order valence-corrected chi connectivity index (χ1v) is 12.2. The summed E-state index contributed by atoms with van der Waals surface area (Å²) in [5.74, 6) is -0.0141. The van der Waals surface area contributed by atoms with E-state index < -0.39 is 0 Å². The molecule has 2 aromatic carbocycles. The van der Waals surface area contributed by atoms with Crippen molar-refractivity contribution in [2.75, 3.05) is 6.61 Å². The second-order valence-corrected chi connectivity index (χ2v) is 8.54. The zero-order valence-corrected chi connectivity index (χ0v) is 19.6. The van der Waals surface area contributed by atoms with Crippen molar-refractivity contribution < 1.29 is 24.2 Å². The summed E-state index contributed by atoms with van der Waals surface area (Å²) in [6.07, 6.45) is 8.38. The van der Waals surface area contributed by atoms with Gasteiger partial charge in [0, 0.05) is 19.4 Å². The molecule has 0 aliphatic carbocycles. The molecule has 0 bridgehead atoms. The monoisotopic (exact) mass is 454 g/mol. The molecule has 5 nitrogen and oxygen atoms in total. The smallest absolute Gasteiger partial charge is 0.306 e. The molecular weight excluding hydrogens is 416 g/mol. The maximum atomic E-state index is 11.8. The molecule has 0 spiro atoms. The number of carbonyl (C=O) groups excluding carboxylic acids is 2. The molecule has 180 valence electrons. The molecule has 33 heavy (non-hydrogen) atoms. The van der Waals surface area contributed by atoms with Gasteiger partial charge in [-0.25, -0.2) is 0 Å². The Kier molecular flexibility index (Phi) is 13.6. The highest BCUT2D eigenvalue weighted by Gasteiger charge is 2.09. The van der Waals surface area contributed by atoms with Crippen LogP contribution in [-0.4, -0.2) is 23.7 Å². The Morgan fingerprint density at radius 1 is 0.636 bits per heavy atom. The van der Waals surface area contributed by atoms with Gasteiger partial charge < -0.3 is 14.6 Å². The third-order valence-corrected chi connectivity index (χ3v) is 5.73. The van der Waals surface area contributed by atoms with Crippen LogP contribution in [0.1, 0.15) is 75.3 Å². The van der Waals surface area contributed by atoms with E-state index in [9.17, 15) is 14.7 Å². The number of carbonyl (C=O) groups is 2. The van der Waals surface area contributed by atoms with Crippen LogP contribution in [0.5, 0.6) is 0 Å². The molecule has 0 radical (unpaired) electrons. The number of hydrogen-bond acceptors (Lipinski definition) is 5. The number of unbranched alkanes of at least 4 members (excludes halogenated alkanes) is 4. The van der Waals surface area contributed by atoms with Gasteiger partial charge in [-0.05, 0) is 42.7 Å². The van der Waals surface area contributed by atoms with Crippen LogP contribution in [0.15, 0.2) is 60.7 Å². The van der Waals surface area contributed by atoms with E-state index in [0.717, 1.165) is 62.5 Å². The Labute approximate surface area is 198 Å². The summed E-state index contributed by atoms with van der Waals surface area (Å²) in [5, 5.41) is 9.62. The molecule has 0 heterocycles. The molecular formula is C28H38O5. The van der Waals surface area contributed by atoms with Crippen molar-refractivity contribution in [3.05, 3.63) is 71.8 Å². The number of benzene rings is 2. The molecule has 0 atom stereocenters. The first-order valence-electron chi connectivity index (χ1n) is 12.2. The number of hydrogen-bond donors (Lipinski definition) is 1. The van der Waals surface area contributed by atoms with Crippen LogP contribution in [0.4, 0.5) is 0 Å². The summed E-state index contributed by atoms with van der Waals surface area (Å²) in [7, 11) is 0. The van der Waals surface area contributed by atoms with E-state index in [2.05, 4.69) is 0 Å². The van der Waals surface area contributed by atoms with Crippen molar-refractivity contribution in [3.8, 4) is 0 Å². The maximum absolute atomic E-state index is 11.8. The van der Waals surface area contributed by atoms with Crippen LogP contribution in [0, 0.1) is 5.92 Å². The van der Waals surface area contributed by atoms with Crippen LogP contribution in [-0.2, 0) is 32.3 Å². The molecule has 0 aromatic heterocycles. The van der Waals surface area contributed by atoms with Crippen LogP contribution in [0.3, 0.4) is 0 Å². The van der Waals surface area contributed by atoms with Crippen molar-refractivity contribution in [1.82, 2.24) is 0 Å². The average molecular weight is 455 g/mol. The summed E-state index contributed by atoms with van der Waals surface area (Å²) in [5.41, 5.74) is 2.00. The number of ether oxygens (including phenoxy) is 2. The predicted octanol–water partition coefficient (Wildman–Crippen LogP) is 5.98. The lowest BCUT2D eigenvalue weighted by Gasteiger charge is -2.13. The van der Waals surface area contributed by atoms with Crippen molar-refractivity contribution in [2.24, 2.45) is 5.92 Å². The highest BCUT2D eigenvalue weighted by molar-refractivity contribution is 5.69. The molecule has 0 saturated heterocycles. The SMILES string of the molecule is O=C(CCCCCC(CO)CCCCCC(=O)OCc1ccccc1)OCc1ccccc1. The number of rotatable bonds is 17. The number of aliphatic hydroxyl groups is 1. The Balaban J connectivity index is 1.43. The minimum atomic E-state index is -0.153. The molecule has 0 aliphatic heterocycles. The highest BCUT2D eigenvalue weighted by atomic mass is 16.5. The maximum Gasteiger partial charge on any atom is 0.306 e. The van der Waals surface area contributed by atoms with Gasteiger partial charge in [0.2, 0.25) is 0 Å². The van der Waals surface area contributed by atoms with E-state index in [1.54, 1.807) is 0 Å². The topological polar surface area (TPSA) is 72.8 Å². The zero-order chi connectivity index (χ0) is 23.6. The highest BCUT2D eigenvalue weighted by Crippen LogP contribution is 2.18.